The molecule has 0 saturated carbocycles. The van der Waals surface area contributed by atoms with Gasteiger partial charge in [-0.05, 0) is 94.1 Å². The number of rotatable bonds is 7. The van der Waals surface area contributed by atoms with Crippen LogP contribution in [-0.2, 0) is 4.79 Å². The largest absolute Gasteiger partial charge is 0.491 e. The van der Waals surface area contributed by atoms with Crippen LogP contribution >= 0.6 is 45.2 Å². The molecule has 2 N–H and O–H groups in total. The molecule has 1 aromatic heterocycles. The number of nitrogens with zero attached hydrogens (tertiary/aromatic N) is 1. The molecule has 0 unspecified atom stereocenters. The summed E-state index contributed by atoms with van der Waals surface area (Å²) in [6.07, 6.45) is 4.25. The summed E-state index contributed by atoms with van der Waals surface area (Å²) in [6.45, 7) is 2.53. The van der Waals surface area contributed by atoms with E-state index in [1.807, 2.05) is 37.3 Å². The van der Waals surface area contributed by atoms with Gasteiger partial charge in [-0.25, -0.2) is 9.78 Å². The van der Waals surface area contributed by atoms with Crippen molar-refractivity contribution >= 4 is 63.0 Å². The third-order valence-corrected chi connectivity index (χ3v) is 4.52. The van der Waals surface area contributed by atoms with E-state index in [1.54, 1.807) is 6.20 Å². The Morgan fingerprint density at radius 3 is 2.71 bits per heavy atom. The molecule has 1 atom stereocenters. The summed E-state index contributed by atoms with van der Waals surface area (Å²) < 4.78 is 7.84. The topological polar surface area (TPSA) is 71.5 Å². The molecule has 2 aromatic rings. The second-order valence-electron chi connectivity index (χ2n) is 5.08. The summed E-state index contributed by atoms with van der Waals surface area (Å²) >= 11 is 4.43. The minimum Gasteiger partial charge on any atom is -0.491 e. The average molecular weight is 550 g/mol. The monoisotopic (exact) mass is 550 g/mol. The molecule has 0 aliphatic heterocycles. The van der Waals surface area contributed by atoms with E-state index in [2.05, 4.69) is 55.5 Å². The van der Waals surface area contributed by atoms with Gasteiger partial charge in [0.25, 0.3) is 0 Å². The van der Waals surface area contributed by atoms with Crippen LogP contribution in [0.3, 0.4) is 0 Å². The van der Waals surface area contributed by atoms with Crippen LogP contribution in [-0.4, -0.2) is 28.7 Å². The van der Waals surface area contributed by atoms with Crippen molar-refractivity contribution in [3.8, 4) is 5.75 Å². The standard InChI is InChI=1S/C17H16I2N2O3/c1-11(10-24-14-5-3-13(18)4-6-14)21-17-15(19)8-12(9-20-17)2-7-16(22)23/h2-9,11H,10H2,1H3,(H,20,21)(H,22,23)/b7-2+/t11-/m1/s1. The number of carboxylic acids is 1. The number of halogens is 2. The van der Waals surface area contributed by atoms with Crippen LogP contribution in [0.1, 0.15) is 12.5 Å². The molecule has 0 amide bonds. The van der Waals surface area contributed by atoms with Crippen LogP contribution in [0.5, 0.6) is 5.75 Å². The molecule has 5 nitrogen and oxygen atoms in total. The van der Waals surface area contributed by atoms with E-state index in [9.17, 15) is 4.79 Å². The lowest BCUT2D eigenvalue weighted by atomic mass is 10.2. The van der Waals surface area contributed by atoms with Gasteiger partial charge >= 0.3 is 5.97 Å². The lowest BCUT2D eigenvalue weighted by Gasteiger charge is -2.16. The van der Waals surface area contributed by atoms with Gasteiger partial charge in [0.05, 0.1) is 9.61 Å². The number of anilines is 1. The molecule has 0 aliphatic carbocycles. The Hall–Kier alpha value is -1.36. The number of hydrogen-bond donors (Lipinski definition) is 2. The zero-order valence-electron chi connectivity index (χ0n) is 12.9. The Balaban J connectivity index is 1.92. The molecule has 0 bridgehead atoms. The molecule has 1 aromatic carbocycles. The lowest BCUT2D eigenvalue weighted by molar-refractivity contribution is -0.131. The molecule has 2 rings (SSSR count). The zero-order chi connectivity index (χ0) is 17.5. The van der Waals surface area contributed by atoms with Gasteiger partial charge in [0, 0.05) is 15.8 Å². The Morgan fingerprint density at radius 1 is 1.38 bits per heavy atom. The minimum atomic E-state index is -0.978. The minimum absolute atomic E-state index is 0.0747. The van der Waals surface area contributed by atoms with Crippen molar-refractivity contribution < 1.29 is 14.6 Å². The fraction of sp³-hybridized carbons (Fsp3) is 0.176. The Labute approximate surface area is 167 Å². The van der Waals surface area contributed by atoms with Gasteiger partial charge < -0.3 is 15.2 Å². The summed E-state index contributed by atoms with van der Waals surface area (Å²) in [5.41, 5.74) is 0.746. The van der Waals surface area contributed by atoms with Crippen molar-refractivity contribution in [2.75, 3.05) is 11.9 Å². The Morgan fingerprint density at radius 2 is 2.08 bits per heavy atom. The first kappa shape index (κ1) is 19.0. The van der Waals surface area contributed by atoms with E-state index in [-0.39, 0.29) is 6.04 Å². The SMILES string of the molecule is C[C@H](COc1ccc(I)cc1)Nc1ncc(/C=C/C(=O)O)cc1I. The summed E-state index contributed by atoms with van der Waals surface area (Å²) in [5, 5.41) is 11.9. The molecule has 1 heterocycles. The maximum atomic E-state index is 10.5. The Kier molecular flexibility index (Phi) is 7.28. The first-order valence-electron chi connectivity index (χ1n) is 7.15. The van der Waals surface area contributed by atoms with Crippen LogP contribution in [0.15, 0.2) is 42.6 Å². The van der Waals surface area contributed by atoms with Gasteiger partial charge in [0.15, 0.2) is 0 Å². The molecule has 0 aliphatic rings. The molecule has 0 saturated heterocycles. The molecule has 7 heteroatoms. The van der Waals surface area contributed by atoms with Gasteiger partial charge in [-0.1, -0.05) is 0 Å². The highest BCUT2D eigenvalue weighted by atomic mass is 127. The van der Waals surface area contributed by atoms with Gasteiger partial charge in [-0.3, -0.25) is 0 Å². The summed E-state index contributed by atoms with van der Waals surface area (Å²) in [4.78, 5) is 14.9. The van der Waals surface area contributed by atoms with Crippen molar-refractivity contribution in [1.82, 2.24) is 4.98 Å². The second-order valence-corrected chi connectivity index (χ2v) is 7.49. The third kappa shape index (κ3) is 6.27. The predicted molar refractivity (Wildman–Crippen MR) is 111 cm³/mol. The quantitative estimate of drug-likeness (QED) is 0.399. The number of carboxylic acid groups (broad SMARTS) is 1. The Bertz CT molecular complexity index is 733. The maximum Gasteiger partial charge on any atom is 0.328 e. The number of carbonyl (C=O) groups is 1. The fourth-order valence-corrected chi connectivity index (χ4v) is 2.86. The second kappa shape index (κ2) is 9.21. The van der Waals surface area contributed by atoms with E-state index >= 15 is 0 Å². The lowest BCUT2D eigenvalue weighted by Crippen LogP contribution is -2.24. The van der Waals surface area contributed by atoms with Crippen LogP contribution in [0.2, 0.25) is 0 Å². The van der Waals surface area contributed by atoms with Gasteiger partial charge in [-0.15, -0.1) is 0 Å². The third-order valence-electron chi connectivity index (χ3n) is 2.98. The number of pyridine rings is 1. The number of aliphatic carboxylic acids is 1. The van der Waals surface area contributed by atoms with Gasteiger partial charge in [0.2, 0.25) is 0 Å². The van der Waals surface area contributed by atoms with Gasteiger partial charge in [0.1, 0.15) is 18.2 Å². The van der Waals surface area contributed by atoms with Crippen molar-refractivity contribution in [2.45, 2.75) is 13.0 Å². The molecule has 0 radical (unpaired) electrons. The van der Waals surface area contributed by atoms with Crippen molar-refractivity contribution in [3.63, 3.8) is 0 Å². The molecule has 0 spiro atoms. The van der Waals surface area contributed by atoms with Crippen molar-refractivity contribution in [2.24, 2.45) is 0 Å². The van der Waals surface area contributed by atoms with Crippen LogP contribution in [0, 0.1) is 7.14 Å². The average Bonchev–Trinajstić information content (AvgIpc) is 2.54. The first-order chi connectivity index (χ1) is 11.4. The number of aromatic nitrogens is 1. The smallest absolute Gasteiger partial charge is 0.328 e. The molecule has 126 valence electrons. The van der Waals surface area contributed by atoms with Crippen LogP contribution in [0.4, 0.5) is 5.82 Å². The predicted octanol–water partition coefficient (Wildman–Crippen LogP) is 4.27. The van der Waals surface area contributed by atoms with E-state index < -0.39 is 5.97 Å². The van der Waals surface area contributed by atoms with Crippen LogP contribution in [0.25, 0.3) is 6.08 Å². The summed E-state index contributed by atoms with van der Waals surface area (Å²) in [7, 11) is 0. The van der Waals surface area contributed by atoms with E-state index in [0.29, 0.717) is 6.61 Å². The van der Waals surface area contributed by atoms with Gasteiger partial charge in [-0.2, -0.15) is 0 Å². The molecule has 24 heavy (non-hydrogen) atoms. The normalized spacial score (nSPS) is 12.1. The highest BCUT2D eigenvalue weighted by molar-refractivity contribution is 14.1. The summed E-state index contributed by atoms with van der Waals surface area (Å²) in [6, 6.07) is 9.84. The highest BCUT2D eigenvalue weighted by Gasteiger charge is 2.08. The number of nitrogens with one attached hydrogen (secondary N) is 1. The van der Waals surface area contributed by atoms with E-state index in [4.69, 9.17) is 9.84 Å². The maximum absolute atomic E-state index is 10.5. The molecular weight excluding hydrogens is 534 g/mol. The number of hydrogen-bond acceptors (Lipinski definition) is 4. The van der Waals surface area contributed by atoms with E-state index in [0.717, 1.165) is 26.8 Å². The number of ether oxygens (including phenoxy) is 1. The fourth-order valence-electron chi connectivity index (χ4n) is 1.84. The van der Waals surface area contributed by atoms with Crippen LogP contribution < -0.4 is 10.1 Å². The van der Waals surface area contributed by atoms with Crippen molar-refractivity contribution in [3.05, 3.63) is 55.3 Å². The number of benzene rings is 1. The van der Waals surface area contributed by atoms with Crippen molar-refractivity contribution in [1.29, 1.82) is 0 Å². The molecule has 0 fully saturated rings. The molecular formula is C17H16I2N2O3. The highest BCUT2D eigenvalue weighted by Crippen LogP contribution is 2.19. The summed E-state index contributed by atoms with van der Waals surface area (Å²) in [5.74, 6) is 0.608. The zero-order valence-corrected chi connectivity index (χ0v) is 17.2. The van der Waals surface area contributed by atoms with E-state index in [1.165, 1.54) is 9.65 Å². The first-order valence-corrected chi connectivity index (χ1v) is 9.31.